The van der Waals surface area contributed by atoms with Crippen molar-refractivity contribution in [2.75, 3.05) is 13.9 Å². The van der Waals surface area contributed by atoms with Crippen molar-refractivity contribution in [2.45, 2.75) is 206 Å². The second-order valence-corrected chi connectivity index (χ2v) is 23.4. The summed E-state index contributed by atoms with van der Waals surface area (Å²) in [6, 6.07) is 21.9. The summed E-state index contributed by atoms with van der Waals surface area (Å²) in [5, 5.41) is 9.39. The van der Waals surface area contributed by atoms with Crippen molar-refractivity contribution in [2.24, 2.45) is 0 Å². The van der Waals surface area contributed by atoms with E-state index in [1.54, 1.807) is 38.1 Å². The van der Waals surface area contributed by atoms with Gasteiger partial charge >= 0.3 is 50.1 Å². The third-order valence-corrected chi connectivity index (χ3v) is 17.4. The fourth-order valence-corrected chi connectivity index (χ4v) is 10.4. The first-order valence-electron chi connectivity index (χ1n) is 27.2. The number of alkyl halides is 12. The fraction of sp³-hybridized carbons (Fsp3) is 0.548. The second-order valence-electron chi connectivity index (χ2n) is 23.4. The molecule has 2 heterocycles. The topological polar surface area (TPSA) is 75.6 Å². The van der Waals surface area contributed by atoms with E-state index < -0.39 is 90.2 Å². The number of halogens is 12. The maximum Gasteiger partial charge on any atom is 0.495 e. The van der Waals surface area contributed by atoms with E-state index in [9.17, 15) is 57.8 Å². The third-order valence-electron chi connectivity index (χ3n) is 17.4. The molecule has 0 aliphatic carbocycles. The molecule has 0 aromatic heterocycles. The molecule has 6 rings (SSSR count). The number of aliphatic hydroxyl groups is 1. The Morgan fingerprint density at radius 2 is 0.735 bits per heavy atom. The van der Waals surface area contributed by atoms with Gasteiger partial charge in [-0.1, -0.05) is 111 Å². The van der Waals surface area contributed by atoms with Crippen molar-refractivity contribution in [1.82, 2.24) is 0 Å². The van der Waals surface area contributed by atoms with E-state index in [1.807, 2.05) is 127 Å². The van der Waals surface area contributed by atoms with Crippen LogP contribution < -0.4 is 10.9 Å². The van der Waals surface area contributed by atoms with E-state index in [0.717, 1.165) is 57.3 Å². The summed E-state index contributed by atoms with van der Waals surface area (Å²) >= 11 is 0. The van der Waals surface area contributed by atoms with Gasteiger partial charge in [-0.15, -0.1) is 0 Å². The molecule has 0 unspecified atom stereocenters. The van der Waals surface area contributed by atoms with Crippen LogP contribution in [0.2, 0.25) is 0 Å². The minimum absolute atomic E-state index is 0.0241. The number of aryl methyl sites for hydroxylation is 4. The van der Waals surface area contributed by atoms with Gasteiger partial charge in [-0.3, -0.25) is 0 Å². The Hall–Kier alpha value is -4.99. The maximum absolute atomic E-state index is 13.7. The quantitative estimate of drug-likeness (QED) is 0.0619. The average molecular weight is 1180 g/mol. The molecule has 0 amide bonds. The molecule has 0 radical (unpaired) electrons. The average Bonchev–Trinajstić information content (AvgIpc) is 3.11. The molecule has 2 aliphatic heterocycles. The van der Waals surface area contributed by atoms with Gasteiger partial charge in [0.05, 0.1) is 22.4 Å². The van der Waals surface area contributed by atoms with Gasteiger partial charge in [0.2, 0.25) is 0 Å². The number of rotatable bonds is 13. The molecule has 4 aromatic rings. The molecule has 454 valence electrons. The van der Waals surface area contributed by atoms with E-state index >= 15 is 0 Å². The molecular weight excluding hydrogens is 1110 g/mol. The van der Waals surface area contributed by atoms with Crippen LogP contribution in [0.3, 0.4) is 0 Å². The van der Waals surface area contributed by atoms with Gasteiger partial charge in [0.15, 0.2) is 0 Å². The summed E-state index contributed by atoms with van der Waals surface area (Å²) < 4.78 is 194. The lowest BCUT2D eigenvalue weighted by Crippen LogP contribution is -2.58. The Bertz CT molecular complexity index is 3030. The van der Waals surface area contributed by atoms with Gasteiger partial charge in [0, 0.05) is 29.1 Å². The molecule has 83 heavy (non-hydrogen) atoms. The maximum atomic E-state index is 13.7. The van der Waals surface area contributed by atoms with E-state index in [1.165, 1.54) is 18.1 Å². The van der Waals surface area contributed by atoms with E-state index in [2.05, 4.69) is 27.5 Å². The predicted molar refractivity (Wildman–Crippen MR) is 297 cm³/mol. The van der Waals surface area contributed by atoms with E-state index in [0.29, 0.717) is 36.8 Å². The van der Waals surface area contributed by atoms with Crippen molar-refractivity contribution in [3.05, 3.63) is 128 Å². The molecule has 7 nitrogen and oxygen atoms in total. The molecule has 1 N–H and O–H groups in total. The highest BCUT2D eigenvalue weighted by Gasteiger charge is 2.73. The largest absolute Gasteiger partial charge is 0.495 e. The molecule has 2 fully saturated rings. The number of benzene rings is 4. The van der Waals surface area contributed by atoms with Crippen LogP contribution in [-0.2, 0) is 38.9 Å². The van der Waals surface area contributed by atoms with Gasteiger partial charge < -0.3 is 33.2 Å². The molecule has 0 saturated carbocycles. The molecule has 4 aromatic carbocycles. The Balaban J connectivity index is 0.000000305. The number of hydrogen-bond donors (Lipinski definition) is 1. The molecule has 0 atom stereocenters. The van der Waals surface area contributed by atoms with Crippen LogP contribution in [0.25, 0.3) is 0 Å². The van der Waals surface area contributed by atoms with Crippen molar-refractivity contribution >= 4 is 25.2 Å². The highest BCUT2D eigenvalue weighted by molar-refractivity contribution is 6.63. The summed E-state index contributed by atoms with van der Waals surface area (Å²) in [6.45, 7) is 29.9. The Kier molecular flexibility index (Phi) is 19.9. The van der Waals surface area contributed by atoms with Crippen LogP contribution >= 0.6 is 0 Å². The van der Waals surface area contributed by atoms with Gasteiger partial charge in [-0.05, 0) is 177 Å². The Labute approximate surface area is 481 Å². The zero-order chi connectivity index (χ0) is 63.2. The molecule has 0 spiro atoms. The molecule has 2 aliphatic rings. The summed E-state index contributed by atoms with van der Waals surface area (Å²) in [5.74, 6) is 6.39. The van der Waals surface area contributed by atoms with Crippen LogP contribution in [0.5, 0.6) is 0 Å². The SMILES string of the molecule is CCC(CC)(c1ccc(C#CC(O)(C(F)(F)F)C(F)(F)F)c(C)c1)c1ccc(B2OC(C)(C)C(C)(C)O2)c(C)c1.CCC(CC)(c1ccc(C#CC(OCOC)(C(F)(F)F)C(F)(F)F)c(C)c1)c1ccc(B2OC(C)(C)C(C)(C)O2)c(C)c1. The first-order valence-corrected chi connectivity index (χ1v) is 27.2. The lowest BCUT2D eigenvalue weighted by molar-refractivity contribution is -0.368. The van der Waals surface area contributed by atoms with Gasteiger partial charge in [-0.25, -0.2) is 0 Å². The fourth-order valence-electron chi connectivity index (χ4n) is 10.4. The lowest BCUT2D eigenvalue weighted by Gasteiger charge is -2.34. The van der Waals surface area contributed by atoms with Crippen LogP contribution in [0, 0.1) is 51.4 Å². The van der Waals surface area contributed by atoms with Gasteiger partial charge in [-0.2, -0.15) is 52.7 Å². The Morgan fingerprint density at radius 3 is 0.988 bits per heavy atom. The van der Waals surface area contributed by atoms with Crippen molar-refractivity contribution in [1.29, 1.82) is 0 Å². The number of hydrogen-bond acceptors (Lipinski definition) is 7. The standard InChI is InChI=1S/C32H39BF6O4.C30H35BF6O3/c1-10-29(11-2,25-14-15-26(22(4)19-25)33-42-27(5,6)28(7,8)43-33)24-13-12-23(21(3)18-24)16-17-30(31(34,35)36,32(37,38)39)41-20-40-9;1-9-27(10-2,23-13-14-24(20(4)18-23)31-39-25(5,6)26(7,8)40-31)22-12-11-21(19(3)17-22)15-16-28(38,29(32,33)34)30(35,36)37/h12-15,18-19H,10-11,20H2,1-9H3;11-14,17-18,38H,9-10H2,1-8H3. The first-order chi connectivity index (χ1) is 37.9. The highest BCUT2D eigenvalue weighted by atomic mass is 19.4. The normalized spacial score (nSPS) is 17.3. The number of ether oxygens (including phenoxy) is 2. The van der Waals surface area contributed by atoms with E-state index in [4.69, 9.17) is 18.6 Å². The van der Waals surface area contributed by atoms with E-state index in [-0.39, 0.29) is 11.1 Å². The number of methoxy groups -OCH3 is 1. The first kappa shape index (κ1) is 68.8. The summed E-state index contributed by atoms with van der Waals surface area (Å²) in [4.78, 5) is 0. The minimum Gasteiger partial charge on any atom is -0.399 e. The summed E-state index contributed by atoms with van der Waals surface area (Å²) in [6.07, 6.45) is -21.0. The monoisotopic (exact) mass is 1180 g/mol. The molecule has 2 saturated heterocycles. The van der Waals surface area contributed by atoms with Crippen LogP contribution in [-0.4, -0.2) is 91.6 Å². The lowest BCUT2D eigenvalue weighted by atomic mass is 9.68. The van der Waals surface area contributed by atoms with Crippen LogP contribution in [0.4, 0.5) is 52.7 Å². The van der Waals surface area contributed by atoms with Crippen molar-refractivity contribution in [3.63, 3.8) is 0 Å². The van der Waals surface area contributed by atoms with Crippen molar-refractivity contribution < 1.29 is 85.9 Å². The van der Waals surface area contributed by atoms with Gasteiger partial charge in [0.1, 0.15) is 6.79 Å². The van der Waals surface area contributed by atoms with Crippen LogP contribution in [0.1, 0.15) is 164 Å². The molecule has 21 heteroatoms. The predicted octanol–water partition coefficient (Wildman–Crippen LogP) is 14.5. The smallest absolute Gasteiger partial charge is 0.399 e. The minimum atomic E-state index is -6.00. The summed E-state index contributed by atoms with van der Waals surface area (Å²) in [7, 11) is -0.122. The Morgan fingerprint density at radius 1 is 0.446 bits per heavy atom. The highest BCUT2D eigenvalue weighted by Crippen LogP contribution is 2.48. The zero-order valence-corrected chi connectivity index (χ0v) is 50.1. The van der Waals surface area contributed by atoms with Crippen LogP contribution in [0.15, 0.2) is 72.8 Å². The molecule has 0 bridgehead atoms. The van der Waals surface area contributed by atoms with Crippen molar-refractivity contribution in [3.8, 4) is 23.7 Å². The third kappa shape index (κ3) is 13.1. The van der Waals surface area contributed by atoms with Gasteiger partial charge in [0.25, 0.3) is 0 Å². The molecular formula is C62H74B2F12O7. The summed E-state index contributed by atoms with van der Waals surface area (Å²) in [5.41, 5.74) is -4.38. The second kappa shape index (κ2) is 24.1. The zero-order valence-electron chi connectivity index (χ0n) is 50.1.